The van der Waals surface area contributed by atoms with Gasteiger partial charge in [-0.25, -0.2) is 17.2 Å². The molecule has 1 heterocycles. The second-order valence-electron chi connectivity index (χ2n) is 5.23. The van der Waals surface area contributed by atoms with Gasteiger partial charge in [-0.05, 0) is 48.5 Å². The molecule has 3 aromatic rings. The summed E-state index contributed by atoms with van der Waals surface area (Å²) in [7, 11) is -4.10. The Labute approximate surface area is 148 Å². The number of halogens is 3. The Morgan fingerprint density at radius 2 is 1.76 bits per heavy atom. The molecule has 1 unspecified atom stereocenters. The number of aromatic nitrogens is 1. The first-order chi connectivity index (χ1) is 11.9. The summed E-state index contributed by atoms with van der Waals surface area (Å²) in [4.78, 5) is 3.92. The van der Waals surface area contributed by atoms with Crippen molar-refractivity contribution in [3.05, 3.63) is 94.8 Å². The van der Waals surface area contributed by atoms with Crippen LogP contribution in [0.5, 0.6) is 0 Å². The topological polar surface area (TPSA) is 47.0 Å². The molecular formula is C18H11ClF2NO2S. The lowest BCUT2D eigenvalue weighted by atomic mass is 10.1. The van der Waals surface area contributed by atoms with E-state index in [9.17, 15) is 17.2 Å². The smallest absolute Gasteiger partial charge is 0.191 e. The molecule has 3 nitrogen and oxygen atoms in total. The molecule has 0 N–H and O–H groups in total. The fourth-order valence-electron chi connectivity index (χ4n) is 2.45. The normalized spacial score (nSPS) is 12.8. The number of rotatable bonds is 4. The minimum Gasteiger partial charge on any atom is -0.259 e. The van der Waals surface area contributed by atoms with Crippen LogP contribution in [0, 0.1) is 17.7 Å². The molecule has 0 spiro atoms. The zero-order valence-corrected chi connectivity index (χ0v) is 14.2. The van der Waals surface area contributed by atoms with Crippen LogP contribution in [0.15, 0.2) is 65.7 Å². The van der Waals surface area contributed by atoms with Gasteiger partial charge in [-0.1, -0.05) is 17.7 Å². The molecule has 0 aliphatic rings. The van der Waals surface area contributed by atoms with Crippen molar-refractivity contribution in [2.75, 3.05) is 0 Å². The lowest BCUT2D eigenvalue weighted by Crippen LogP contribution is -2.18. The highest BCUT2D eigenvalue weighted by Crippen LogP contribution is 2.35. The Hall–Kier alpha value is -2.31. The Morgan fingerprint density at radius 3 is 2.40 bits per heavy atom. The molecule has 1 atom stereocenters. The molecule has 0 aliphatic carbocycles. The zero-order chi connectivity index (χ0) is 18.0. The molecule has 1 aromatic heterocycles. The van der Waals surface area contributed by atoms with Gasteiger partial charge in [0.1, 0.15) is 16.9 Å². The van der Waals surface area contributed by atoms with Gasteiger partial charge in [-0.3, -0.25) is 4.98 Å². The van der Waals surface area contributed by atoms with E-state index in [-0.39, 0.29) is 16.2 Å². The fourth-order valence-corrected chi connectivity index (χ4v) is 4.33. The summed E-state index contributed by atoms with van der Waals surface area (Å²) in [6.45, 7) is 0. The monoisotopic (exact) mass is 378 g/mol. The van der Waals surface area contributed by atoms with Gasteiger partial charge >= 0.3 is 0 Å². The van der Waals surface area contributed by atoms with E-state index >= 15 is 0 Å². The van der Waals surface area contributed by atoms with E-state index < -0.39 is 26.7 Å². The van der Waals surface area contributed by atoms with E-state index in [1.807, 2.05) is 0 Å². The maximum Gasteiger partial charge on any atom is 0.191 e. The summed E-state index contributed by atoms with van der Waals surface area (Å²) in [5, 5.41) is -1.14. The van der Waals surface area contributed by atoms with Crippen molar-refractivity contribution in [3.8, 4) is 0 Å². The van der Waals surface area contributed by atoms with E-state index in [1.54, 1.807) is 0 Å². The average molecular weight is 379 g/mol. The van der Waals surface area contributed by atoms with Crippen LogP contribution < -0.4 is 0 Å². The lowest BCUT2D eigenvalue weighted by molar-refractivity contribution is 0.568. The molecule has 0 fully saturated rings. The van der Waals surface area contributed by atoms with E-state index in [4.69, 9.17) is 11.6 Å². The molecule has 0 bridgehead atoms. The molecule has 0 amide bonds. The first-order valence-electron chi connectivity index (χ1n) is 7.16. The van der Waals surface area contributed by atoms with Crippen LogP contribution in [0.2, 0.25) is 5.02 Å². The summed E-state index contributed by atoms with van der Waals surface area (Å²) in [6.07, 6.45) is 1.27. The molecule has 25 heavy (non-hydrogen) atoms. The highest BCUT2D eigenvalue weighted by Gasteiger charge is 2.34. The fraction of sp³-hybridized carbons (Fsp3) is 0.0556. The maximum atomic E-state index is 14.3. The Bertz CT molecular complexity index is 993. The summed E-state index contributed by atoms with van der Waals surface area (Å²) in [5.41, 5.74) is -0.244. The number of hydrogen-bond acceptors (Lipinski definition) is 3. The molecule has 3 rings (SSSR count). The quantitative estimate of drug-likeness (QED) is 0.677. The predicted molar refractivity (Wildman–Crippen MR) is 89.9 cm³/mol. The molecular weight excluding hydrogens is 368 g/mol. The first-order valence-corrected chi connectivity index (χ1v) is 9.08. The molecule has 1 radical (unpaired) electrons. The van der Waals surface area contributed by atoms with E-state index in [0.717, 1.165) is 18.2 Å². The van der Waals surface area contributed by atoms with Gasteiger partial charge in [0.2, 0.25) is 0 Å². The summed E-state index contributed by atoms with van der Waals surface area (Å²) in [5.74, 6) is -1.58. The van der Waals surface area contributed by atoms with Crippen LogP contribution in [0.4, 0.5) is 8.78 Å². The minimum absolute atomic E-state index is 0.0678. The third-order valence-corrected chi connectivity index (χ3v) is 5.90. The minimum atomic E-state index is -4.10. The number of benzene rings is 2. The van der Waals surface area contributed by atoms with Crippen LogP contribution >= 0.6 is 11.6 Å². The van der Waals surface area contributed by atoms with Crippen LogP contribution in [0.25, 0.3) is 0 Å². The molecule has 127 valence electrons. The third kappa shape index (κ3) is 3.55. The van der Waals surface area contributed by atoms with Gasteiger partial charge in [0.15, 0.2) is 9.84 Å². The molecule has 0 aliphatic heterocycles. The Kier molecular flexibility index (Phi) is 4.83. The number of hydrogen-bond donors (Lipinski definition) is 0. The number of sulfone groups is 1. The predicted octanol–water partition coefficient (Wildman–Crippen LogP) is 4.38. The standard InChI is InChI=1S/C18H11ClF2NO2S/c19-12-4-7-14(8-5-12)25(23,24)18(17-3-1-2-10-22-17)15-11-13(20)6-9-16(15)21/h1,3-11,18H. The molecule has 0 saturated carbocycles. The van der Waals surface area contributed by atoms with Crippen molar-refractivity contribution in [3.63, 3.8) is 0 Å². The van der Waals surface area contributed by atoms with Crippen LogP contribution in [-0.4, -0.2) is 13.4 Å². The van der Waals surface area contributed by atoms with E-state index in [2.05, 4.69) is 11.1 Å². The number of pyridine rings is 1. The largest absolute Gasteiger partial charge is 0.259 e. The zero-order valence-electron chi connectivity index (χ0n) is 12.7. The first kappa shape index (κ1) is 17.5. The van der Waals surface area contributed by atoms with Gasteiger partial charge in [-0.2, -0.15) is 0 Å². The molecule has 7 heteroatoms. The Morgan fingerprint density at radius 1 is 1.04 bits per heavy atom. The molecule has 0 saturated heterocycles. The van der Waals surface area contributed by atoms with Gasteiger partial charge in [-0.15, -0.1) is 0 Å². The van der Waals surface area contributed by atoms with Crippen molar-refractivity contribution < 1.29 is 17.2 Å². The van der Waals surface area contributed by atoms with Crippen molar-refractivity contribution >= 4 is 21.4 Å². The van der Waals surface area contributed by atoms with Gasteiger partial charge in [0, 0.05) is 22.8 Å². The second-order valence-corrected chi connectivity index (χ2v) is 7.70. The van der Waals surface area contributed by atoms with Crippen LogP contribution in [0.1, 0.15) is 16.5 Å². The van der Waals surface area contributed by atoms with Gasteiger partial charge < -0.3 is 0 Å². The van der Waals surface area contributed by atoms with Crippen molar-refractivity contribution in [1.29, 1.82) is 0 Å². The average Bonchev–Trinajstić information content (AvgIpc) is 2.59. The van der Waals surface area contributed by atoms with E-state index in [0.29, 0.717) is 5.02 Å². The van der Waals surface area contributed by atoms with Crippen LogP contribution in [0.3, 0.4) is 0 Å². The van der Waals surface area contributed by atoms with Crippen LogP contribution in [-0.2, 0) is 9.84 Å². The molecule has 2 aromatic carbocycles. The van der Waals surface area contributed by atoms with E-state index in [1.165, 1.54) is 42.6 Å². The summed E-state index contributed by atoms with van der Waals surface area (Å²) in [6, 6.07) is 13.7. The number of nitrogens with zero attached hydrogens (tertiary/aromatic N) is 1. The lowest BCUT2D eigenvalue weighted by Gasteiger charge is -2.18. The highest BCUT2D eigenvalue weighted by atomic mass is 35.5. The highest BCUT2D eigenvalue weighted by molar-refractivity contribution is 7.91. The van der Waals surface area contributed by atoms with Crippen molar-refractivity contribution in [1.82, 2.24) is 4.98 Å². The third-order valence-electron chi connectivity index (χ3n) is 3.60. The van der Waals surface area contributed by atoms with Crippen molar-refractivity contribution in [2.24, 2.45) is 0 Å². The second kappa shape index (κ2) is 6.90. The summed E-state index contributed by atoms with van der Waals surface area (Å²) >= 11 is 5.80. The van der Waals surface area contributed by atoms with Crippen molar-refractivity contribution in [2.45, 2.75) is 10.1 Å². The summed E-state index contributed by atoms with van der Waals surface area (Å²) < 4.78 is 54.2. The van der Waals surface area contributed by atoms with Gasteiger partial charge in [0.05, 0.1) is 10.6 Å². The SMILES string of the molecule is O=S(=O)(c1ccc(Cl)cc1)C(c1cc[c]cn1)c1cc(F)ccc1F. The van der Waals surface area contributed by atoms with Gasteiger partial charge in [0.25, 0.3) is 0 Å². The Balaban J connectivity index is 2.25. The maximum absolute atomic E-state index is 14.3.